The molecule has 0 aliphatic rings. The molecule has 0 radical (unpaired) electrons. The maximum Gasteiger partial charge on any atom is 0.259 e. The van der Waals surface area contributed by atoms with Crippen molar-refractivity contribution in [1.82, 2.24) is 0 Å². The number of nitrogens with two attached hydrogens (primary N) is 1. The van der Waals surface area contributed by atoms with Gasteiger partial charge in [0.25, 0.3) is 5.91 Å². The number of rotatable bonds is 3. The highest BCUT2D eigenvalue weighted by molar-refractivity contribution is 9.11. The third kappa shape index (κ3) is 3.57. The number of aryl methyl sites for hydroxylation is 1. The highest BCUT2D eigenvalue weighted by Gasteiger charge is 2.17. The van der Waals surface area contributed by atoms with Crippen molar-refractivity contribution in [2.45, 2.75) is 6.92 Å². The fourth-order valence-corrected chi connectivity index (χ4v) is 3.31. The van der Waals surface area contributed by atoms with Gasteiger partial charge < -0.3 is 15.8 Å². The number of ether oxygens (including phenoxy) is 1. The van der Waals surface area contributed by atoms with Gasteiger partial charge in [0.1, 0.15) is 5.75 Å². The minimum atomic E-state index is -0.288. The molecule has 6 heteroatoms. The van der Waals surface area contributed by atoms with Gasteiger partial charge in [0.05, 0.1) is 28.5 Å². The van der Waals surface area contributed by atoms with Crippen LogP contribution in [0, 0.1) is 6.92 Å². The van der Waals surface area contributed by atoms with Crippen LogP contribution in [0.25, 0.3) is 0 Å². The number of carbonyl (C=O) groups is 1. The van der Waals surface area contributed by atoms with Crippen molar-refractivity contribution in [2.75, 3.05) is 18.2 Å². The third-order valence-electron chi connectivity index (χ3n) is 2.91. The molecule has 3 N–H and O–H groups in total. The number of nitrogens with one attached hydrogen (secondary N) is 1. The summed E-state index contributed by atoms with van der Waals surface area (Å²) in [6, 6.07) is 8.99. The summed E-state index contributed by atoms with van der Waals surface area (Å²) < 4.78 is 6.75. The SMILES string of the molecule is COc1c(Br)cc(Br)cc1C(=O)Nc1ccc(C)cc1N. The molecule has 2 aromatic rings. The van der Waals surface area contributed by atoms with Gasteiger partial charge >= 0.3 is 0 Å². The Balaban J connectivity index is 2.36. The standard InChI is InChI=1S/C15H14Br2N2O2/c1-8-3-4-13(12(18)5-8)19-15(20)10-6-9(16)7-11(17)14(10)21-2/h3-7H,18H2,1-2H3,(H,19,20). The first-order valence-electron chi connectivity index (χ1n) is 6.13. The number of benzene rings is 2. The Bertz CT molecular complexity index is 702. The van der Waals surface area contributed by atoms with Crippen LogP contribution in [0.15, 0.2) is 39.3 Å². The lowest BCUT2D eigenvalue weighted by Gasteiger charge is -2.13. The zero-order valence-corrected chi connectivity index (χ0v) is 14.7. The van der Waals surface area contributed by atoms with E-state index in [0.29, 0.717) is 27.2 Å². The smallest absolute Gasteiger partial charge is 0.259 e. The monoisotopic (exact) mass is 412 g/mol. The molecule has 0 aliphatic carbocycles. The van der Waals surface area contributed by atoms with Gasteiger partial charge in [-0.15, -0.1) is 0 Å². The molecule has 0 fully saturated rings. The van der Waals surface area contributed by atoms with Gasteiger partial charge in [-0.3, -0.25) is 4.79 Å². The first kappa shape index (κ1) is 15.9. The maximum atomic E-state index is 12.4. The second-order valence-electron chi connectivity index (χ2n) is 4.51. The zero-order valence-electron chi connectivity index (χ0n) is 11.5. The van der Waals surface area contributed by atoms with Gasteiger partial charge in [0.2, 0.25) is 0 Å². The summed E-state index contributed by atoms with van der Waals surface area (Å²) in [7, 11) is 1.52. The summed E-state index contributed by atoms with van der Waals surface area (Å²) in [6.07, 6.45) is 0. The summed E-state index contributed by atoms with van der Waals surface area (Å²) >= 11 is 6.74. The molecule has 0 atom stereocenters. The van der Waals surface area contributed by atoms with Crippen LogP contribution in [0.4, 0.5) is 11.4 Å². The molecule has 1 amide bonds. The van der Waals surface area contributed by atoms with E-state index in [-0.39, 0.29) is 5.91 Å². The summed E-state index contributed by atoms with van der Waals surface area (Å²) in [5.74, 6) is 0.186. The fourth-order valence-electron chi connectivity index (χ4n) is 1.92. The Hall–Kier alpha value is -1.53. The predicted molar refractivity (Wildman–Crippen MR) is 91.9 cm³/mol. The lowest BCUT2D eigenvalue weighted by molar-refractivity contribution is 0.102. The number of hydrogen-bond donors (Lipinski definition) is 2. The molecule has 0 aliphatic heterocycles. The first-order chi connectivity index (χ1) is 9.92. The molecular formula is C15H14Br2N2O2. The van der Waals surface area contributed by atoms with E-state index in [1.807, 2.05) is 25.1 Å². The van der Waals surface area contributed by atoms with Crippen molar-refractivity contribution in [3.63, 3.8) is 0 Å². The summed E-state index contributed by atoms with van der Waals surface area (Å²) in [5, 5.41) is 2.80. The number of methoxy groups -OCH3 is 1. The van der Waals surface area contributed by atoms with Gasteiger partial charge in [0, 0.05) is 4.47 Å². The predicted octanol–water partition coefficient (Wildman–Crippen LogP) is 4.36. The Labute approximate surface area is 139 Å². The number of halogens is 2. The van der Waals surface area contributed by atoms with Crippen LogP contribution in [0.2, 0.25) is 0 Å². The highest BCUT2D eigenvalue weighted by atomic mass is 79.9. The number of nitrogen functional groups attached to an aromatic ring is 1. The van der Waals surface area contributed by atoms with Crippen LogP contribution in [0.5, 0.6) is 5.75 Å². The molecule has 0 bridgehead atoms. The molecule has 0 saturated carbocycles. The van der Waals surface area contributed by atoms with Crippen LogP contribution in [0.3, 0.4) is 0 Å². The zero-order chi connectivity index (χ0) is 15.6. The van der Waals surface area contributed by atoms with E-state index < -0.39 is 0 Å². The Morgan fingerprint density at radius 3 is 2.57 bits per heavy atom. The maximum absolute atomic E-state index is 12.4. The lowest BCUT2D eigenvalue weighted by Crippen LogP contribution is -2.14. The summed E-state index contributed by atoms with van der Waals surface area (Å²) in [5.41, 5.74) is 8.46. The van der Waals surface area contributed by atoms with Gasteiger partial charge in [-0.25, -0.2) is 0 Å². The third-order valence-corrected chi connectivity index (χ3v) is 3.96. The van der Waals surface area contributed by atoms with Crippen LogP contribution >= 0.6 is 31.9 Å². The quantitative estimate of drug-likeness (QED) is 0.734. The van der Waals surface area contributed by atoms with Crippen molar-refractivity contribution in [1.29, 1.82) is 0 Å². The molecule has 2 rings (SSSR count). The van der Waals surface area contributed by atoms with E-state index in [1.54, 1.807) is 12.1 Å². The van der Waals surface area contributed by atoms with E-state index >= 15 is 0 Å². The summed E-state index contributed by atoms with van der Waals surface area (Å²) in [6.45, 7) is 1.94. The highest BCUT2D eigenvalue weighted by Crippen LogP contribution is 2.33. The van der Waals surface area contributed by atoms with Crippen LogP contribution in [-0.2, 0) is 0 Å². The second-order valence-corrected chi connectivity index (χ2v) is 6.28. The molecule has 21 heavy (non-hydrogen) atoms. The Kier molecular flexibility index (Phi) is 4.90. The molecule has 2 aromatic carbocycles. The van der Waals surface area contributed by atoms with Gasteiger partial charge in [0.15, 0.2) is 0 Å². The van der Waals surface area contributed by atoms with Crippen molar-refractivity contribution in [2.24, 2.45) is 0 Å². The minimum Gasteiger partial charge on any atom is -0.495 e. The number of carbonyl (C=O) groups excluding carboxylic acids is 1. The minimum absolute atomic E-state index is 0.288. The van der Waals surface area contributed by atoms with E-state index in [2.05, 4.69) is 37.2 Å². The van der Waals surface area contributed by atoms with E-state index in [0.717, 1.165) is 10.0 Å². The number of amides is 1. The number of anilines is 2. The lowest BCUT2D eigenvalue weighted by atomic mass is 10.1. The van der Waals surface area contributed by atoms with E-state index in [4.69, 9.17) is 10.5 Å². The number of hydrogen-bond acceptors (Lipinski definition) is 3. The molecule has 0 saturated heterocycles. The average Bonchev–Trinajstić information content (AvgIpc) is 2.41. The molecule has 0 aromatic heterocycles. The van der Waals surface area contributed by atoms with E-state index in [1.165, 1.54) is 7.11 Å². The van der Waals surface area contributed by atoms with Crippen LogP contribution in [-0.4, -0.2) is 13.0 Å². The van der Waals surface area contributed by atoms with E-state index in [9.17, 15) is 4.79 Å². The Morgan fingerprint density at radius 1 is 1.24 bits per heavy atom. The largest absolute Gasteiger partial charge is 0.495 e. The summed E-state index contributed by atoms with van der Waals surface area (Å²) in [4.78, 5) is 12.4. The molecular weight excluding hydrogens is 400 g/mol. The van der Waals surface area contributed by atoms with Gasteiger partial charge in [-0.1, -0.05) is 22.0 Å². The normalized spacial score (nSPS) is 10.3. The Morgan fingerprint density at radius 2 is 1.95 bits per heavy atom. The molecule has 0 heterocycles. The van der Waals surface area contributed by atoms with Crippen LogP contribution < -0.4 is 15.8 Å². The molecule has 110 valence electrons. The van der Waals surface area contributed by atoms with Crippen molar-refractivity contribution >= 4 is 49.1 Å². The van der Waals surface area contributed by atoms with Crippen LogP contribution in [0.1, 0.15) is 15.9 Å². The van der Waals surface area contributed by atoms with Gasteiger partial charge in [-0.05, 0) is 52.7 Å². The average molecular weight is 414 g/mol. The first-order valence-corrected chi connectivity index (χ1v) is 7.71. The van der Waals surface area contributed by atoms with Gasteiger partial charge in [-0.2, -0.15) is 0 Å². The van der Waals surface area contributed by atoms with Crippen molar-refractivity contribution in [3.05, 3.63) is 50.4 Å². The van der Waals surface area contributed by atoms with Crippen molar-refractivity contribution < 1.29 is 9.53 Å². The molecule has 0 spiro atoms. The van der Waals surface area contributed by atoms with Crippen molar-refractivity contribution in [3.8, 4) is 5.75 Å². The molecule has 4 nitrogen and oxygen atoms in total. The fraction of sp³-hybridized carbons (Fsp3) is 0.133. The topological polar surface area (TPSA) is 64.3 Å². The second kappa shape index (κ2) is 6.49. The molecule has 0 unspecified atom stereocenters.